The molecule has 0 aromatic heterocycles. The predicted molar refractivity (Wildman–Crippen MR) is 78.7 cm³/mol. The molecule has 2 N–H and O–H groups in total. The van der Waals surface area contributed by atoms with Gasteiger partial charge in [-0.15, -0.1) is 11.8 Å². The number of aliphatic carboxylic acids is 1. The number of nitrogens with zero attached hydrogens (tertiary/aromatic N) is 1. The number of urea groups is 1. The Morgan fingerprint density at radius 2 is 2.10 bits per heavy atom. The van der Waals surface area contributed by atoms with Gasteiger partial charge in [0.2, 0.25) is 0 Å². The number of nitrogens with one attached hydrogen (secondary N) is 1. The van der Waals surface area contributed by atoms with Crippen LogP contribution in [0.2, 0.25) is 0 Å². The van der Waals surface area contributed by atoms with Crippen molar-refractivity contribution in [2.24, 2.45) is 0 Å². The van der Waals surface area contributed by atoms with E-state index >= 15 is 0 Å². The highest BCUT2D eigenvalue weighted by Crippen LogP contribution is 2.20. The summed E-state index contributed by atoms with van der Waals surface area (Å²) >= 11 is 1.47. The van der Waals surface area contributed by atoms with Gasteiger partial charge in [-0.2, -0.15) is 0 Å². The molecule has 20 heavy (non-hydrogen) atoms. The lowest BCUT2D eigenvalue weighted by atomic mass is 10.1. The molecule has 1 saturated heterocycles. The van der Waals surface area contributed by atoms with Gasteiger partial charge in [0.25, 0.3) is 0 Å². The smallest absolute Gasteiger partial charge is 0.327 e. The normalized spacial score (nSPS) is 18.0. The summed E-state index contributed by atoms with van der Waals surface area (Å²) in [5.41, 5.74) is 1.24. The van der Waals surface area contributed by atoms with Gasteiger partial charge in [0, 0.05) is 12.3 Å². The number of carboxylic acid groups (broad SMARTS) is 1. The first-order valence-electron chi connectivity index (χ1n) is 6.57. The molecule has 0 bridgehead atoms. The third kappa shape index (κ3) is 3.90. The van der Waals surface area contributed by atoms with Crippen LogP contribution < -0.4 is 5.32 Å². The van der Waals surface area contributed by atoms with Crippen molar-refractivity contribution in [3.8, 4) is 0 Å². The molecule has 1 unspecified atom stereocenters. The van der Waals surface area contributed by atoms with Crippen LogP contribution in [0.5, 0.6) is 0 Å². The number of carbonyl (C=O) groups excluding carboxylic acids is 1. The molecule has 1 aliphatic rings. The zero-order valence-corrected chi connectivity index (χ0v) is 11.9. The lowest BCUT2D eigenvalue weighted by Crippen LogP contribution is -2.47. The van der Waals surface area contributed by atoms with Gasteiger partial charge in [-0.25, -0.2) is 9.59 Å². The SMILES string of the molecule is O=C(O)C1CSCN1C(=O)NCCCc1ccccc1. The minimum atomic E-state index is -0.936. The second-order valence-corrected chi connectivity index (χ2v) is 5.64. The van der Waals surface area contributed by atoms with Crippen molar-refractivity contribution >= 4 is 23.8 Å². The Labute approximate surface area is 122 Å². The van der Waals surface area contributed by atoms with Gasteiger partial charge in [0.15, 0.2) is 0 Å². The standard InChI is InChI=1S/C14H18N2O3S/c17-13(18)12-9-20-10-16(12)14(19)15-8-4-7-11-5-2-1-3-6-11/h1-3,5-6,12H,4,7-10H2,(H,15,19)(H,17,18). The van der Waals surface area contributed by atoms with Crippen molar-refractivity contribution in [1.82, 2.24) is 10.2 Å². The first kappa shape index (κ1) is 14.7. The molecule has 2 rings (SSSR count). The van der Waals surface area contributed by atoms with Crippen molar-refractivity contribution < 1.29 is 14.7 Å². The largest absolute Gasteiger partial charge is 0.480 e. The first-order chi connectivity index (χ1) is 9.68. The maximum Gasteiger partial charge on any atom is 0.327 e. The maximum atomic E-state index is 11.9. The molecule has 0 saturated carbocycles. The lowest BCUT2D eigenvalue weighted by molar-refractivity contribution is -0.140. The van der Waals surface area contributed by atoms with Crippen molar-refractivity contribution in [3.05, 3.63) is 35.9 Å². The van der Waals surface area contributed by atoms with E-state index in [-0.39, 0.29) is 6.03 Å². The molecule has 1 aromatic carbocycles. The van der Waals surface area contributed by atoms with Gasteiger partial charge in [-0.1, -0.05) is 30.3 Å². The van der Waals surface area contributed by atoms with Crippen LogP contribution in [0.3, 0.4) is 0 Å². The molecule has 1 aliphatic heterocycles. The number of carboxylic acids is 1. The fraction of sp³-hybridized carbons (Fsp3) is 0.429. The Morgan fingerprint density at radius 1 is 1.35 bits per heavy atom. The van der Waals surface area contributed by atoms with Crippen molar-refractivity contribution in [2.45, 2.75) is 18.9 Å². The summed E-state index contributed by atoms with van der Waals surface area (Å²) in [5, 5.41) is 11.8. The zero-order valence-electron chi connectivity index (χ0n) is 11.1. The Balaban J connectivity index is 1.71. The van der Waals surface area contributed by atoms with E-state index in [1.165, 1.54) is 22.2 Å². The highest BCUT2D eigenvalue weighted by Gasteiger charge is 2.34. The maximum absolute atomic E-state index is 11.9. The minimum Gasteiger partial charge on any atom is -0.480 e. The van der Waals surface area contributed by atoms with Crippen molar-refractivity contribution in [3.63, 3.8) is 0 Å². The molecule has 0 radical (unpaired) electrons. The summed E-state index contributed by atoms with van der Waals surface area (Å²) in [4.78, 5) is 24.3. The number of thioether (sulfide) groups is 1. The number of carbonyl (C=O) groups is 2. The molecule has 1 fully saturated rings. The van der Waals surface area contributed by atoms with E-state index in [0.717, 1.165) is 12.8 Å². The quantitative estimate of drug-likeness (QED) is 0.812. The van der Waals surface area contributed by atoms with Gasteiger partial charge >= 0.3 is 12.0 Å². The molecule has 108 valence electrons. The Hall–Kier alpha value is -1.69. The van der Waals surface area contributed by atoms with E-state index < -0.39 is 12.0 Å². The lowest BCUT2D eigenvalue weighted by Gasteiger charge is -2.20. The van der Waals surface area contributed by atoms with Gasteiger partial charge in [0.05, 0.1) is 5.88 Å². The van der Waals surface area contributed by atoms with Crippen LogP contribution in [-0.4, -0.2) is 46.2 Å². The van der Waals surface area contributed by atoms with E-state index in [1.807, 2.05) is 18.2 Å². The minimum absolute atomic E-state index is 0.282. The van der Waals surface area contributed by atoms with Gasteiger partial charge in [-0.3, -0.25) is 0 Å². The summed E-state index contributed by atoms with van der Waals surface area (Å²) in [5.74, 6) is -0.0247. The third-order valence-corrected chi connectivity index (χ3v) is 4.20. The summed E-state index contributed by atoms with van der Waals surface area (Å²) in [7, 11) is 0. The van der Waals surface area contributed by atoms with Crippen LogP contribution in [0, 0.1) is 0 Å². The zero-order chi connectivity index (χ0) is 14.4. The number of benzene rings is 1. The van der Waals surface area contributed by atoms with Crippen molar-refractivity contribution in [1.29, 1.82) is 0 Å². The van der Waals surface area contributed by atoms with E-state index in [1.54, 1.807) is 0 Å². The number of aryl methyl sites for hydroxylation is 1. The molecular formula is C14H18N2O3S. The van der Waals surface area contributed by atoms with Gasteiger partial charge in [0.1, 0.15) is 6.04 Å². The van der Waals surface area contributed by atoms with Crippen LogP contribution in [0.1, 0.15) is 12.0 Å². The third-order valence-electron chi connectivity index (χ3n) is 3.19. The monoisotopic (exact) mass is 294 g/mol. The molecule has 1 atom stereocenters. The highest BCUT2D eigenvalue weighted by atomic mass is 32.2. The topological polar surface area (TPSA) is 69.6 Å². The van der Waals surface area contributed by atoms with E-state index in [2.05, 4.69) is 17.4 Å². The summed E-state index contributed by atoms with van der Waals surface area (Å²) in [6.07, 6.45) is 1.74. The van der Waals surface area contributed by atoms with E-state index in [9.17, 15) is 9.59 Å². The molecule has 5 nitrogen and oxygen atoms in total. The van der Waals surface area contributed by atoms with Crippen LogP contribution in [-0.2, 0) is 11.2 Å². The number of hydrogen-bond donors (Lipinski definition) is 2. The summed E-state index contributed by atoms with van der Waals surface area (Å²) in [6.45, 7) is 0.557. The van der Waals surface area contributed by atoms with Crippen molar-refractivity contribution in [2.75, 3.05) is 18.2 Å². The Bertz CT molecular complexity index is 467. The molecule has 0 spiro atoms. The van der Waals surface area contributed by atoms with E-state index in [4.69, 9.17) is 5.11 Å². The Morgan fingerprint density at radius 3 is 2.80 bits per heavy atom. The summed E-state index contributed by atoms with van der Waals surface area (Å²) in [6, 6.07) is 9.09. The average molecular weight is 294 g/mol. The van der Waals surface area contributed by atoms with Crippen LogP contribution in [0.25, 0.3) is 0 Å². The highest BCUT2D eigenvalue weighted by molar-refractivity contribution is 7.99. The molecule has 1 heterocycles. The molecule has 6 heteroatoms. The summed E-state index contributed by atoms with van der Waals surface area (Å²) < 4.78 is 0. The molecule has 1 aromatic rings. The molecule has 2 amide bonds. The van der Waals surface area contributed by atoms with Crippen LogP contribution in [0.15, 0.2) is 30.3 Å². The first-order valence-corrected chi connectivity index (χ1v) is 7.73. The second kappa shape index (κ2) is 7.19. The van der Waals surface area contributed by atoms with E-state index in [0.29, 0.717) is 18.2 Å². The van der Waals surface area contributed by atoms with Gasteiger partial charge < -0.3 is 15.3 Å². The van der Waals surface area contributed by atoms with Crippen LogP contribution in [0.4, 0.5) is 4.79 Å². The number of amides is 2. The molecular weight excluding hydrogens is 276 g/mol. The van der Waals surface area contributed by atoms with Gasteiger partial charge in [-0.05, 0) is 18.4 Å². The van der Waals surface area contributed by atoms with Crippen LogP contribution >= 0.6 is 11.8 Å². The number of rotatable bonds is 5. The second-order valence-electron chi connectivity index (χ2n) is 4.64. The predicted octanol–water partition coefficient (Wildman–Crippen LogP) is 1.79. The fourth-order valence-electron chi connectivity index (χ4n) is 2.08. The fourth-order valence-corrected chi connectivity index (χ4v) is 3.23. The average Bonchev–Trinajstić information content (AvgIpc) is 2.94. The Kier molecular flexibility index (Phi) is 5.29. The molecule has 0 aliphatic carbocycles. The number of hydrogen-bond acceptors (Lipinski definition) is 3.